The Bertz CT molecular complexity index is 1810. The van der Waals surface area contributed by atoms with Gasteiger partial charge in [-0.05, 0) is 68.3 Å². The third-order valence-corrected chi connectivity index (χ3v) is 9.33. The lowest BCUT2D eigenvalue weighted by molar-refractivity contribution is -0.0366. The van der Waals surface area contributed by atoms with E-state index < -0.39 is 9.84 Å². The van der Waals surface area contributed by atoms with Crippen LogP contribution in [-0.4, -0.2) is 62.0 Å². The molecular formula is C29H34N8O3S. The zero-order valence-corrected chi connectivity index (χ0v) is 23.9. The summed E-state index contributed by atoms with van der Waals surface area (Å²) >= 11 is 0. The van der Waals surface area contributed by atoms with E-state index in [9.17, 15) is 8.42 Å². The maximum absolute atomic E-state index is 12.6. The molecule has 0 amide bonds. The molecular weight excluding hydrogens is 540 g/mol. The highest BCUT2D eigenvalue weighted by molar-refractivity contribution is 7.90. The number of hydrogen-bond donors (Lipinski definition) is 1. The zero-order chi connectivity index (χ0) is 28.0. The first-order valence-corrected chi connectivity index (χ1v) is 16.2. The molecule has 4 aromatic heterocycles. The number of rotatable bonds is 9. The van der Waals surface area contributed by atoms with Crippen LogP contribution in [0.2, 0.25) is 0 Å². The molecule has 1 aliphatic heterocycles. The van der Waals surface area contributed by atoms with Crippen molar-refractivity contribution in [2.24, 2.45) is 5.92 Å². The Balaban J connectivity index is 1.14. The number of aromatic nitrogens is 7. The highest BCUT2D eigenvalue weighted by Gasteiger charge is 2.23. The number of imidazole rings is 1. The van der Waals surface area contributed by atoms with Gasteiger partial charge < -0.3 is 14.5 Å². The van der Waals surface area contributed by atoms with Crippen molar-refractivity contribution in [1.29, 1.82) is 0 Å². The fraction of sp³-hybridized carbons (Fsp3) is 0.448. The highest BCUT2D eigenvalue weighted by Crippen LogP contribution is 2.34. The molecule has 214 valence electrons. The molecule has 1 aliphatic carbocycles. The average molecular weight is 575 g/mol. The molecule has 7 rings (SSSR count). The third-order valence-electron chi connectivity index (χ3n) is 8.23. The van der Waals surface area contributed by atoms with Crippen LogP contribution in [0.1, 0.15) is 56.0 Å². The Hall–Kier alpha value is -3.61. The molecule has 1 saturated heterocycles. The smallest absolute Gasteiger partial charge is 0.175 e. The van der Waals surface area contributed by atoms with Gasteiger partial charge in [-0.3, -0.25) is 0 Å². The Morgan fingerprint density at radius 1 is 1.07 bits per heavy atom. The second-order valence-electron chi connectivity index (χ2n) is 11.4. The number of nitrogens with zero attached hydrogens (tertiary/aromatic N) is 7. The van der Waals surface area contributed by atoms with E-state index in [1.54, 1.807) is 27.7 Å². The first kappa shape index (κ1) is 26.3. The van der Waals surface area contributed by atoms with E-state index >= 15 is 0 Å². The average Bonchev–Trinajstić information content (AvgIpc) is 3.67. The molecule has 1 N–H and O–H groups in total. The van der Waals surface area contributed by atoms with Crippen molar-refractivity contribution in [1.82, 2.24) is 39.5 Å². The zero-order valence-electron chi connectivity index (χ0n) is 23.1. The Kier molecular flexibility index (Phi) is 6.84. The van der Waals surface area contributed by atoms with Crippen molar-refractivity contribution in [2.75, 3.05) is 19.4 Å². The SMILES string of the molecule is CS(=O)(=O)c1cc(-c2cn(Cc3cn4cc(CNCC5CCC5)ccc4n3)nn2)c2cnn(C3CCCCO3)c2c1. The van der Waals surface area contributed by atoms with Gasteiger partial charge in [0, 0.05) is 42.8 Å². The molecule has 41 heavy (non-hydrogen) atoms. The summed E-state index contributed by atoms with van der Waals surface area (Å²) in [4.78, 5) is 4.97. The maximum atomic E-state index is 12.6. The van der Waals surface area contributed by atoms with Crippen molar-refractivity contribution >= 4 is 26.4 Å². The summed E-state index contributed by atoms with van der Waals surface area (Å²) in [6.45, 7) is 3.03. The second kappa shape index (κ2) is 10.7. The fourth-order valence-corrected chi connectivity index (χ4v) is 6.40. The number of pyridine rings is 1. The molecule has 12 heteroatoms. The molecule has 1 saturated carbocycles. The summed E-state index contributed by atoms with van der Waals surface area (Å²) in [5, 5.41) is 17.7. The summed E-state index contributed by atoms with van der Waals surface area (Å²) in [6.07, 6.45) is 15.7. The van der Waals surface area contributed by atoms with E-state index in [-0.39, 0.29) is 11.1 Å². The summed E-state index contributed by atoms with van der Waals surface area (Å²) in [5.74, 6) is 0.832. The van der Waals surface area contributed by atoms with Crippen LogP contribution >= 0.6 is 0 Å². The predicted molar refractivity (Wildman–Crippen MR) is 154 cm³/mol. The van der Waals surface area contributed by atoms with Gasteiger partial charge in [0.15, 0.2) is 16.1 Å². The van der Waals surface area contributed by atoms with Gasteiger partial charge in [-0.25, -0.2) is 22.8 Å². The largest absolute Gasteiger partial charge is 0.356 e. The third kappa shape index (κ3) is 5.39. The molecule has 5 aromatic rings. The molecule has 1 unspecified atom stereocenters. The van der Waals surface area contributed by atoms with Crippen LogP contribution in [0.15, 0.2) is 53.9 Å². The molecule has 1 atom stereocenters. The number of fused-ring (bicyclic) bond motifs is 2. The topological polar surface area (TPSA) is 121 Å². The fourth-order valence-electron chi connectivity index (χ4n) is 5.75. The van der Waals surface area contributed by atoms with Gasteiger partial charge in [0.2, 0.25) is 0 Å². The molecule has 0 radical (unpaired) electrons. The summed E-state index contributed by atoms with van der Waals surface area (Å²) < 4.78 is 36.7. The number of sulfone groups is 1. The van der Waals surface area contributed by atoms with Gasteiger partial charge in [0.1, 0.15) is 11.3 Å². The molecule has 0 spiro atoms. The quantitative estimate of drug-likeness (QED) is 0.281. The second-order valence-corrected chi connectivity index (χ2v) is 13.4. The lowest BCUT2D eigenvalue weighted by atomic mass is 9.85. The number of hydrogen-bond acceptors (Lipinski definition) is 8. The standard InChI is InChI=1S/C29H34N8O3S/c1-41(38,39)23-11-24(25-15-31-37(27(25)12-23)29-7-2-3-10-40-29)26-19-36(34-33-26)18-22-17-35-16-21(8-9-28(35)32-22)14-30-13-20-5-4-6-20/h8-9,11-12,15-17,19-20,29-30H,2-7,10,13-14,18H2,1H3. The van der Waals surface area contributed by atoms with Crippen LogP contribution in [0.3, 0.4) is 0 Å². The lowest BCUT2D eigenvalue weighted by Crippen LogP contribution is -2.26. The number of benzene rings is 1. The summed E-state index contributed by atoms with van der Waals surface area (Å²) in [5.41, 5.74) is 4.92. The van der Waals surface area contributed by atoms with Crippen LogP contribution in [0, 0.1) is 5.92 Å². The van der Waals surface area contributed by atoms with Gasteiger partial charge in [-0.2, -0.15) is 5.10 Å². The van der Waals surface area contributed by atoms with Crippen molar-refractivity contribution in [3.8, 4) is 11.3 Å². The number of nitrogens with one attached hydrogen (secondary N) is 1. The van der Waals surface area contributed by atoms with Crippen LogP contribution in [0.5, 0.6) is 0 Å². The van der Waals surface area contributed by atoms with Gasteiger partial charge in [-0.15, -0.1) is 5.10 Å². The van der Waals surface area contributed by atoms with Gasteiger partial charge in [-0.1, -0.05) is 17.7 Å². The Morgan fingerprint density at radius 3 is 2.76 bits per heavy atom. The van der Waals surface area contributed by atoms with Crippen LogP contribution in [0.25, 0.3) is 27.8 Å². The summed E-state index contributed by atoms with van der Waals surface area (Å²) in [7, 11) is -3.47. The molecule has 11 nitrogen and oxygen atoms in total. The molecule has 2 aliphatic rings. The monoisotopic (exact) mass is 574 g/mol. The molecule has 1 aromatic carbocycles. The molecule has 5 heterocycles. The van der Waals surface area contributed by atoms with Gasteiger partial charge in [0.25, 0.3) is 0 Å². The minimum atomic E-state index is -3.47. The summed E-state index contributed by atoms with van der Waals surface area (Å²) in [6, 6.07) is 7.49. The van der Waals surface area contributed by atoms with E-state index in [0.29, 0.717) is 29.9 Å². The minimum absolute atomic E-state index is 0.213. The normalized spacial score (nSPS) is 18.3. The molecule has 0 bridgehead atoms. The van der Waals surface area contributed by atoms with E-state index in [1.807, 2.05) is 22.9 Å². The first-order chi connectivity index (χ1) is 19.9. The minimum Gasteiger partial charge on any atom is -0.356 e. The van der Waals surface area contributed by atoms with Crippen molar-refractivity contribution in [3.05, 3.63) is 60.3 Å². The van der Waals surface area contributed by atoms with Crippen molar-refractivity contribution < 1.29 is 13.2 Å². The molecule has 2 fully saturated rings. The number of ether oxygens (including phenoxy) is 1. The first-order valence-electron chi connectivity index (χ1n) is 14.3. The van der Waals surface area contributed by atoms with Gasteiger partial charge in [0.05, 0.1) is 35.0 Å². The van der Waals surface area contributed by atoms with E-state index in [4.69, 9.17) is 9.72 Å². The van der Waals surface area contributed by atoms with E-state index in [2.05, 4.69) is 33.0 Å². The van der Waals surface area contributed by atoms with Crippen LogP contribution < -0.4 is 5.32 Å². The van der Waals surface area contributed by atoms with Crippen molar-refractivity contribution in [2.45, 2.75) is 62.7 Å². The lowest BCUT2D eigenvalue weighted by Gasteiger charge is -2.25. The Labute approximate surface area is 238 Å². The highest BCUT2D eigenvalue weighted by atomic mass is 32.2. The Morgan fingerprint density at radius 2 is 1.98 bits per heavy atom. The van der Waals surface area contributed by atoms with Gasteiger partial charge >= 0.3 is 0 Å². The van der Waals surface area contributed by atoms with E-state index in [0.717, 1.165) is 55.0 Å². The van der Waals surface area contributed by atoms with Crippen LogP contribution in [0.4, 0.5) is 0 Å². The predicted octanol–water partition coefficient (Wildman–Crippen LogP) is 3.98. The van der Waals surface area contributed by atoms with Crippen LogP contribution in [-0.2, 0) is 27.7 Å². The van der Waals surface area contributed by atoms with Crippen molar-refractivity contribution in [3.63, 3.8) is 0 Å². The van der Waals surface area contributed by atoms with E-state index in [1.165, 1.54) is 31.1 Å². The maximum Gasteiger partial charge on any atom is 0.175 e.